The Hall–Kier alpha value is -1.88. The van der Waals surface area contributed by atoms with E-state index in [1.165, 1.54) is 0 Å². The fourth-order valence-corrected chi connectivity index (χ4v) is 1.77. The Bertz CT molecular complexity index is 461. The van der Waals surface area contributed by atoms with E-state index >= 15 is 0 Å². The number of carbonyl (C=O) groups excluding carboxylic acids is 2. The summed E-state index contributed by atoms with van der Waals surface area (Å²) in [6.07, 6.45) is 3.01. The summed E-state index contributed by atoms with van der Waals surface area (Å²) >= 11 is 0. The molecule has 0 saturated heterocycles. The van der Waals surface area contributed by atoms with E-state index in [0.717, 1.165) is 25.8 Å². The van der Waals surface area contributed by atoms with E-state index in [1.807, 2.05) is 6.92 Å². The Kier molecular flexibility index (Phi) is 8.12. The van der Waals surface area contributed by atoms with Crippen LogP contribution in [-0.2, 0) is 9.53 Å². The van der Waals surface area contributed by atoms with Crippen LogP contribution < -0.4 is 10.6 Å². The smallest absolute Gasteiger partial charge is 0.338 e. The van der Waals surface area contributed by atoms with E-state index in [9.17, 15) is 9.59 Å². The van der Waals surface area contributed by atoms with Crippen LogP contribution in [0.4, 0.5) is 5.69 Å². The molecule has 0 bridgehead atoms. The van der Waals surface area contributed by atoms with Gasteiger partial charge in [-0.05, 0) is 31.2 Å². The summed E-state index contributed by atoms with van der Waals surface area (Å²) in [5.41, 5.74) is 1.05. The van der Waals surface area contributed by atoms with E-state index in [4.69, 9.17) is 4.74 Å². The van der Waals surface area contributed by atoms with Crippen LogP contribution in [0, 0.1) is 0 Å². The van der Waals surface area contributed by atoms with Crippen LogP contribution in [0.25, 0.3) is 0 Å². The Morgan fingerprint density at radius 3 is 2.71 bits per heavy atom. The van der Waals surface area contributed by atoms with Crippen molar-refractivity contribution >= 4 is 17.6 Å². The molecule has 1 aromatic rings. The summed E-state index contributed by atoms with van der Waals surface area (Å²) in [7, 11) is 0. The minimum Gasteiger partial charge on any atom is -0.462 e. The van der Waals surface area contributed by atoms with Crippen LogP contribution in [0.3, 0.4) is 0 Å². The molecule has 21 heavy (non-hydrogen) atoms. The lowest BCUT2D eigenvalue weighted by atomic mass is 10.2. The molecule has 0 unspecified atom stereocenters. The van der Waals surface area contributed by atoms with E-state index in [-0.39, 0.29) is 18.4 Å². The largest absolute Gasteiger partial charge is 0.462 e. The average Bonchev–Trinajstić information content (AvgIpc) is 2.49. The molecule has 0 aliphatic rings. The predicted molar refractivity (Wildman–Crippen MR) is 83.4 cm³/mol. The maximum atomic E-state index is 11.9. The normalized spacial score (nSPS) is 10.2. The molecule has 0 aliphatic carbocycles. The van der Waals surface area contributed by atoms with Gasteiger partial charge in [-0.15, -0.1) is 0 Å². The highest BCUT2D eigenvalue weighted by molar-refractivity contribution is 5.95. The molecule has 0 aliphatic heterocycles. The SMILES string of the molecule is CCCCCOC(=O)c1cccc(NC(=O)CNCC)c1. The van der Waals surface area contributed by atoms with Crippen LogP contribution in [0.2, 0.25) is 0 Å². The molecule has 116 valence electrons. The zero-order valence-electron chi connectivity index (χ0n) is 12.8. The van der Waals surface area contributed by atoms with Gasteiger partial charge in [-0.1, -0.05) is 32.8 Å². The number of ether oxygens (including phenoxy) is 1. The number of anilines is 1. The molecule has 0 fully saturated rings. The summed E-state index contributed by atoms with van der Waals surface area (Å²) in [4.78, 5) is 23.5. The Balaban J connectivity index is 2.51. The number of rotatable bonds is 9. The van der Waals surface area contributed by atoms with Gasteiger partial charge >= 0.3 is 5.97 Å². The molecule has 1 amide bonds. The first kappa shape index (κ1) is 17.2. The molecule has 0 heterocycles. The van der Waals surface area contributed by atoms with Crippen molar-refractivity contribution in [2.45, 2.75) is 33.1 Å². The molecule has 0 radical (unpaired) electrons. The standard InChI is InChI=1S/C16H24N2O3/c1-3-5-6-10-21-16(20)13-8-7-9-14(11-13)18-15(19)12-17-4-2/h7-9,11,17H,3-6,10,12H2,1-2H3,(H,18,19). The van der Waals surface area contributed by atoms with Gasteiger partial charge in [0.15, 0.2) is 0 Å². The molecular formula is C16H24N2O3. The first-order chi connectivity index (χ1) is 10.2. The van der Waals surface area contributed by atoms with Gasteiger partial charge in [0.2, 0.25) is 5.91 Å². The van der Waals surface area contributed by atoms with Crippen LogP contribution in [0.1, 0.15) is 43.5 Å². The van der Waals surface area contributed by atoms with Gasteiger partial charge in [-0.2, -0.15) is 0 Å². The topological polar surface area (TPSA) is 67.4 Å². The molecule has 1 aromatic carbocycles. The number of hydrogen-bond donors (Lipinski definition) is 2. The first-order valence-electron chi connectivity index (χ1n) is 7.45. The quantitative estimate of drug-likeness (QED) is 0.542. The zero-order chi connectivity index (χ0) is 15.5. The van der Waals surface area contributed by atoms with Crippen molar-refractivity contribution in [1.29, 1.82) is 0 Å². The second-order valence-corrected chi connectivity index (χ2v) is 4.75. The minimum atomic E-state index is -0.353. The number of carbonyl (C=O) groups is 2. The monoisotopic (exact) mass is 292 g/mol. The highest BCUT2D eigenvalue weighted by Gasteiger charge is 2.08. The Morgan fingerprint density at radius 1 is 1.19 bits per heavy atom. The van der Waals surface area contributed by atoms with Gasteiger partial charge in [0.05, 0.1) is 18.7 Å². The van der Waals surface area contributed by atoms with Gasteiger partial charge < -0.3 is 15.4 Å². The molecule has 0 atom stereocenters. The zero-order valence-corrected chi connectivity index (χ0v) is 12.8. The predicted octanol–water partition coefficient (Wildman–Crippen LogP) is 2.58. The third-order valence-corrected chi connectivity index (χ3v) is 2.90. The molecule has 1 rings (SSSR count). The molecular weight excluding hydrogens is 268 g/mol. The van der Waals surface area contributed by atoms with Crippen LogP contribution >= 0.6 is 0 Å². The summed E-state index contributed by atoms with van der Waals surface area (Å²) in [5, 5.41) is 5.68. The van der Waals surface area contributed by atoms with Crippen molar-refractivity contribution in [3.63, 3.8) is 0 Å². The summed E-state index contributed by atoms with van der Waals surface area (Å²) in [6.45, 7) is 5.45. The number of amides is 1. The minimum absolute atomic E-state index is 0.134. The van der Waals surface area contributed by atoms with Crippen LogP contribution in [0.15, 0.2) is 24.3 Å². The van der Waals surface area contributed by atoms with Crippen LogP contribution in [-0.4, -0.2) is 31.6 Å². The maximum absolute atomic E-state index is 11.9. The molecule has 2 N–H and O–H groups in total. The lowest BCUT2D eigenvalue weighted by Crippen LogP contribution is -2.27. The highest BCUT2D eigenvalue weighted by atomic mass is 16.5. The van der Waals surface area contributed by atoms with Crippen molar-refractivity contribution in [3.05, 3.63) is 29.8 Å². The van der Waals surface area contributed by atoms with Crippen molar-refractivity contribution in [1.82, 2.24) is 5.32 Å². The Morgan fingerprint density at radius 2 is 2.00 bits per heavy atom. The van der Waals surface area contributed by atoms with Crippen LogP contribution in [0.5, 0.6) is 0 Å². The number of unbranched alkanes of at least 4 members (excludes halogenated alkanes) is 2. The van der Waals surface area contributed by atoms with E-state index in [1.54, 1.807) is 24.3 Å². The molecule has 0 aromatic heterocycles. The van der Waals surface area contributed by atoms with Gasteiger partial charge in [-0.25, -0.2) is 4.79 Å². The Labute approximate surface area is 126 Å². The number of hydrogen-bond acceptors (Lipinski definition) is 4. The third kappa shape index (κ3) is 6.90. The average molecular weight is 292 g/mol. The lowest BCUT2D eigenvalue weighted by molar-refractivity contribution is -0.115. The number of esters is 1. The van der Waals surface area contributed by atoms with Gasteiger partial charge in [0.25, 0.3) is 0 Å². The van der Waals surface area contributed by atoms with Crippen molar-refractivity contribution < 1.29 is 14.3 Å². The maximum Gasteiger partial charge on any atom is 0.338 e. The fourth-order valence-electron chi connectivity index (χ4n) is 1.77. The van der Waals surface area contributed by atoms with Gasteiger partial charge in [0, 0.05) is 5.69 Å². The van der Waals surface area contributed by atoms with Crippen molar-refractivity contribution in [3.8, 4) is 0 Å². The van der Waals surface area contributed by atoms with Gasteiger partial charge in [-0.3, -0.25) is 4.79 Å². The molecule has 5 heteroatoms. The van der Waals surface area contributed by atoms with E-state index in [2.05, 4.69) is 17.6 Å². The second kappa shape index (κ2) is 9.94. The number of likely N-dealkylation sites (N-methyl/N-ethyl adjacent to an activating group) is 1. The van der Waals surface area contributed by atoms with Gasteiger partial charge in [0.1, 0.15) is 0 Å². The fraction of sp³-hybridized carbons (Fsp3) is 0.500. The first-order valence-corrected chi connectivity index (χ1v) is 7.45. The third-order valence-electron chi connectivity index (χ3n) is 2.90. The van der Waals surface area contributed by atoms with Crippen molar-refractivity contribution in [2.24, 2.45) is 0 Å². The molecule has 0 spiro atoms. The number of benzene rings is 1. The summed E-state index contributed by atoms with van der Waals surface area (Å²) in [5.74, 6) is -0.487. The summed E-state index contributed by atoms with van der Waals surface area (Å²) in [6, 6.07) is 6.79. The second-order valence-electron chi connectivity index (χ2n) is 4.75. The van der Waals surface area contributed by atoms with Crippen molar-refractivity contribution in [2.75, 3.05) is 25.0 Å². The molecule has 0 saturated carbocycles. The number of nitrogens with one attached hydrogen (secondary N) is 2. The van der Waals surface area contributed by atoms with E-state index < -0.39 is 0 Å². The summed E-state index contributed by atoms with van der Waals surface area (Å²) < 4.78 is 5.19. The molecule has 5 nitrogen and oxygen atoms in total. The van der Waals surface area contributed by atoms with E-state index in [0.29, 0.717) is 17.9 Å². The highest BCUT2D eigenvalue weighted by Crippen LogP contribution is 2.12. The lowest BCUT2D eigenvalue weighted by Gasteiger charge is -2.08.